The van der Waals surface area contributed by atoms with Gasteiger partial charge in [-0.1, -0.05) is 34.8 Å². The Hall–Kier alpha value is -1.36. The first-order chi connectivity index (χ1) is 9.43. The van der Waals surface area contributed by atoms with E-state index in [1.165, 1.54) is 25.3 Å². The van der Waals surface area contributed by atoms with Crippen LogP contribution in [0.1, 0.15) is 10.4 Å². The fraction of sp³-hybridized carbons (Fsp3) is 0.0769. The molecular formula is C13H7Cl3FNO2. The van der Waals surface area contributed by atoms with Crippen LogP contribution in [-0.2, 0) is 4.74 Å². The maximum absolute atomic E-state index is 13.5. The molecular weight excluding hydrogens is 328 g/mol. The zero-order valence-corrected chi connectivity index (χ0v) is 12.4. The molecule has 0 N–H and O–H groups in total. The minimum atomic E-state index is -0.852. The molecule has 0 fully saturated rings. The van der Waals surface area contributed by atoms with Crippen molar-refractivity contribution < 1.29 is 13.9 Å². The lowest BCUT2D eigenvalue weighted by Gasteiger charge is -2.09. The minimum absolute atomic E-state index is 0.00195. The third kappa shape index (κ3) is 2.87. The molecule has 0 spiro atoms. The number of hydrogen-bond donors (Lipinski definition) is 0. The van der Waals surface area contributed by atoms with Crippen LogP contribution >= 0.6 is 34.8 Å². The lowest BCUT2D eigenvalue weighted by Crippen LogP contribution is -2.04. The highest BCUT2D eigenvalue weighted by Crippen LogP contribution is 2.38. The van der Waals surface area contributed by atoms with Gasteiger partial charge in [0.2, 0.25) is 5.95 Å². The maximum atomic E-state index is 13.5. The number of aromatic nitrogens is 1. The van der Waals surface area contributed by atoms with Crippen LogP contribution in [0.15, 0.2) is 24.3 Å². The van der Waals surface area contributed by atoms with E-state index in [4.69, 9.17) is 34.8 Å². The highest BCUT2D eigenvalue weighted by atomic mass is 35.5. The number of carbonyl (C=O) groups is 1. The fourth-order valence-corrected chi connectivity index (χ4v) is 2.34. The molecule has 0 bridgehead atoms. The van der Waals surface area contributed by atoms with Crippen molar-refractivity contribution in [3.63, 3.8) is 0 Å². The number of halogens is 4. The highest BCUT2D eigenvalue weighted by molar-refractivity contribution is 6.46. The largest absolute Gasteiger partial charge is 0.465 e. The van der Waals surface area contributed by atoms with Crippen molar-refractivity contribution in [1.29, 1.82) is 0 Å². The summed E-state index contributed by atoms with van der Waals surface area (Å²) in [5.41, 5.74) is 0.357. The first-order valence-electron chi connectivity index (χ1n) is 5.34. The van der Waals surface area contributed by atoms with Crippen molar-refractivity contribution in [1.82, 2.24) is 4.98 Å². The molecule has 7 heteroatoms. The van der Waals surface area contributed by atoms with E-state index < -0.39 is 11.9 Å². The Balaban J connectivity index is 2.68. The van der Waals surface area contributed by atoms with Gasteiger partial charge in [-0.15, -0.1) is 0 Å². The van der Waals surface area contributed by atoms with Gasteiger partial charge in [-0.05, 0) is 18.2 Å². The van der Waals surface area contributed by atoms with Gasteiger partial charge in [-0.3, -0.25) is 0 Å². The van der Waals surface area contributed by atoms with Gasteiger partial charge in [0.1, 0.15) is 0 Å². The number of rotatable bonds is 2. The predicted molar refractivity (Wildman–Crippen MR) is 76.0 cm³/mol. The molecule has 0 saturated carbocycles. The number of pyridine rings is 1. The van der Waals surface area contributed by atoms with E-state index in [-0.39, 0.29) is 31.9 Å². The number of nitrogens with zero attached hydrogens (tertiary/aromatic N) is 1. The molecule has 0 aliphatic rings. The number of ether oxygens (including phenoxy) is 1. The van der Waals surface area contributed by atoms with E-state index in [2.05, 4.69) is 9.72 Å². The molecule has 0 aliphatic carbocycles. The summed E-state index contributed by atoms with van der Waals surface area (Å²) in [4.78, 5) is 15.2. The first-order valence-corrected chi connectivity index (χ1v) is 6.47. The van der Waals surface area contributed by atoms with Gasteiger partial charge < -0.3 is 4.74 Å². The van der Waals surface area contributed by atoms with Gasteiger partial charge in [0, 0.05) is 11.6 Å². The summed E-state index contributed by atoms with van der Waals surface area (Å²) in [6, 6.07) is 5.31. The maximum Gasteiger partial charge on any atom is 0.338 e. The highest BCUT2D eigenvalue weighted by Gasteiger charge is 2.17. The summed E-state index contributed by atoms with van der Waals surface area (Å²) in [6.07, 6.45) is 0. The summed E-state index contributed by atoms with van der Waals surface area (Å²) in [7, 11) is 1.19. The third-order valence-corrected chi connectivity index (χ3v) is 3.63. The predicted octanol–water partition coefficient (Wildman–Crippen LogP) is 4.63. The van der Waals surface area contributed by atoms with Crippen LogP contribution in [0.3, 0.4) is 0 Å². The molecule has 1 aromatic heterocycles. The number of hydrogen-bond acceptors (Lipinski definition) is 3. The minimum Gasteiger partial charge on any atom is -0.465 e. The van der Waals surface area contributed by atoms with Crippen LogP contribution in [0.25, 0.3) is 11.3 Å². The van der Waals surface area contributed by atoms with E-state index in [1.807, 2.05) is 0 Å². The van der Waals surface area contributed by atoms with E-state index in [0.29, 0.717) is 0 Å². The van der Waals surface area contributed by atoms with E-state index >= 15 is 0 Å². The Kier molecular flexibility index (Phi) is 4.48. The lowest BCUT2D eigenvalue weighted by atomic mass is 10.1. The average molecular weight is 335 g/mol. The molecule has 0 aliphatic heterocycles. The number of benzene rings is 1. The second-order valence-corrected chi connectivity index (χ2v) is 4.97. The third-order valence-electron chi connectivity index (χ3n) is 2.52. The number of methoxy groups -OCH3 is 1. The van der Waals surface area contributed by atoms with Crippen LogP contribution in [0, 0.1) is 5.95 Å². The topological polar surface area (TPSA) is 39.2 Å². The van der Waals surface area contributed by atoms with E-state index in [1.54, 1.807) is 0 Å². The first kappa shape index (κ1) is 15.0. The zero-order valence-electron chi connectivity index (χ0n) is 10.1. The number of esters is 1. The second-order valence-electron chi connectivity index (χ2n) is 3.77. The van der Waals surface area contributed by atoms with Crippen molar-refractivity contribution in [2.24, 2.45) is 0 Å². The van der Waals surface area contributed by atoms with Gasteiger partial charge in [-0.2, -0.15) is 4.39 Å². The van der Waals surface area contributed by atoms with Gasteiger partial charge >= 0.3 is 5.97 Å². The molecule has 3 nitrogen and oxygen atoms in total. The molecule has 0 unspecified atom stereocenters. The van der Waals surface area contributed by atoms with Crippen molar-refractivity contribution in [2.45, 2.75) is 0 Å². The Morgan fingerprint density at radius 1 is 1.20 bits per heavy atom. The van der Waals surface area contributed by atoms with Gasteiger partial charge in [0.05, 0.1) is 33.4 Å². The molecule has 0 saturated heterocycles. The van der Waals surface area contributed by atoms with Crippen molar-refractivity contribution in [3.05, 3.63) is 50.8 Å². The molecule has 1 heterocycles. The molecule has 2 rings (SSSR count). The second kappa shape index (κ2) is 5.95. The molecule has 0 amide bonds. The quantitative estimate of drug-likeness (QED) is 0.456. The van der Waals surface area contributed by atoms with E-state index in [0.717, 1.165) is 6.07 Å². The average Bonchev–Trinajstić information content (AvgIpc) is 2.42. The van der Waals surface area contributed by atoms with Gasteiger partial charge in [-0.25, -0.2) is 9.78 Å². The zero-order chi connectivity index (χ0) is 14.9. The number of carbonyl (C=O) groups excluding carboxylic acids is 1. The normalized spacial score (nSPS) is 10.4. The molecule has 104 valence electrons. The Morgan fingerprint density at radius 3 is 2.50 bits per heavy atom. The summed E-state index contributed by atoms with van der Waals surface area (Å²) < 4.78 is 18.1. The molecule has 20 heavy (non-hydrogen) atoms. The van der Waals surface area contributed by atoms with Crippen LogP contribution < -0.4 is 0 Å². The molecule has 2 aromatic rings. The Bertz CT molecular complexity index is 692. The molecule has 1 aromatic carbocycles. The molecule has 0 radical (unpaired) electrons. The standard InChI is InChI=1S/C13H7Cl3FNO2/c1-20-13(19)6-4-9(18-10(17)5-6)11-7(14)2-3-8(15)12(11)16/h2-5H,1H3. The van der Waals surface area contributed by atoms with E-state index in [9.17, 15) is 9.18 Å². The van der Waals surface area contributed by atoms with Crippen molar-refractivity contribution in [2.75, 3.05) is 7.11 Å². The van der Waals surface area contributed by atoms with Crippen LogP contribution in [-0.4, -0.2) is 18.1 Å². The van der Waals surface area contributed by atoms with Crippen LogP contribution in [0.4, 0.5) is 4.39 Å². The SMILES string of the molecule is COC(=O)c1cc(F)nc(-c2c(Cl)ccc(Cl)c2Cl)c1. The summed E-state index contributed by atoms with van der Waals surface area (Å²) in [5, 5.41) is 0.623. The Morgan fingerprint density at radius 2 is 1.85 bits per heavy atom. The summed E-state index contributed by atoms with van der Waals surface area (Å²) in [6.45, 7) is 0. The monoisotopic (exact) mass is 333 g/mol. The smallest absolute Gasteiger partial charge is 0.338 e. The molecule has 0 atom stereocenters. The van der Waals surface area contributed by atoms with Gasteiger partial charge in [0.15, 0.2) is 0 Å². The summed E-state index contributed by atoms with van der Waals surface area (Å²) >= 11 is 18.0. The lowest BCUT2D eigenvalue weighted by molar-refractivity contribution is 0.0600. The van der Waals surface area contributed by atoms with Gasteiger partial charge in [0.25, 0.3) is 0 Å². The van der Waals surface area contributed by atoms with Crippen LogP contribution in [0.2, 0.25) is 15.1 Å². The Labute approximate surface area is 129 Å². The fourth-order valence-electron chi connectivity index (χ4n) is 1.62. The van der Waals surface area contributed by atoms with Crippen molar-refractivity contribution in [3.8, 4) is 11.3 Å². The van der Waals surface area contributed by atoms with Crippen LogP contribution in [0.5, 0.6) is 0 Å². The summed E-state index contributed by atoms with van der Waals surface area (Å²) in [5.74, 6) is -1.54. The van der Waals surface area contributed by atoms with Crippen molar-refractivity contribution >= 4 is 40.8 Å².